The van der Waals surface area contributed by atoms with Crippen molar-refractivity contribution in [2.75, 3.05) is 5.32 Å². The lowest BCUT2D eigenvalue weighted by molar-refractivity contribution is -0.159. The number of nitrogens with zero attached hydrogens (tertiary/aromatic N) is 1. The number of hydrogen-bond donors (Lipinski definition) is 1. The van der Waals surface area contributed by atoms with Gasteiger partial charge >= 0.3 is 11.6 Å². The number of fused-ring (bicyclic) bond motifs is 2. The minimum atomic E-state index is -1.04. The number of hydrogen-bond acceptors (Lipinski definition) is 7. The zero-order valence-corrected chi connectivity index (χ0v) is 17.9. The number of benzene rings is 1. The van der Waals surface area contributed by atoms with Crippen LogP contribution in [0.2, 0.25) is 0 Å². The van der Waals surface area contributed by atoms with Gasteiger partial charge in [0.15, 0.2) is 0 Å². The molecule has 0 radical (unpaired) electrons. The number of nitrogens with one attached hydrogen (secondary N) is 1. The molecule has 9 nitrogen and oxygen atoms in total. The summed E-state index contributed by atoms with van der Waals surface area (Å²) in [5.74, 6) is -2.28. The second-order valence-corrected chi connectivity index (χ2v) is 8.31. The quantitative estimate of drug-likeness (QED) is 0.430. The maximum atomic E-state index is 12.7. The van der Waals surface area contributed by atoms with Gasteiger partial charge in [-0.25, -0.2) is 9.59 Å². The Kier molecular flexibility index (Phi) is 5.82. The molecule has 3 atom stereocenters. The Labute approximate surface area is 183 Å². The van der Waals surface area contributed by atoms with Crippen LogP contribution in [0.1, 0.15) is 45.1 Å². The number of likely N-dealkylation sites (tertiary alicyclic amines) is 1. The molecule has 2 aliphatic rings. The van der Waals surface area contributed by atoms with Gasteiger partial charge in [-0.3, -0.25) is 19.3 Å². The SMILES string of the molecule is CC(=O)Nc1ccc2c(COC(=O)[C@H](C)N3C(=O)C4CCCCC4C3=O)cc(=O)oc2c1. The number of anilines is 1. The van der Waals surface area contributed by atoms with Crippen LogP contribution < -0.4 is 10.9 Å². The van der Waals surface area contributed by atoms with Crippen molar-refractivity contribution in [1.29, 1.82) is 0 Å². The Hall–Kier alpha value is -3.49. The molecule has 1 aromatic carbocycles. The summed E-state index contributed by atoms with van der Waals surface area (Å²) in [6, 6.07) is 4.97. The summed E-state index contributed by atoms with van der Waals surface area (Å²) in [5, 5.41) is 3.15. The maximum absolute atomic E-state index is 12.7. The maximum Gasteiger partial charge on any atom is 0.336 e. The second-order valence-electron chi connectivity index (χ2n) is 8.31. The highest BCUT2D eigenvalue weighted by molar-refractivity contribution is 6.07. The molecule has 4 rings (SSSR count). The summed E-state index contributed by atoms with van der Waals surface area (Å²) < 4.78 is 10.6. The van der Waals surface area contributed by atoms with Gasteiger partial charge in [-0.15, -0.1) is 0 Å². The van der Waals surface area contributed by atoms with Crippen LogP contribution in [0, 0.1) is 11.8 Å². The molecule has 3 amide bonds. The zero-order valence-electron chi connectivity index (χ0n) is 17.9. The Morgan fingerprint density at radius 1 is 1.12 bits per heavy atom. The van der Waals surface area contributed by atoms with Gasteiger partial charge in [-0.1, -0.05) is 12.8 Å². The highest BCUT2D eigenvalue weighted by atomic mass is 16.5. The van der Waals surface area contributed by atoms with Gasteiger partial charge in [0.1, 0.15) is 18.2 Å². The van der Waals surface area contributed by atoms with Crippen LogP contribution in [-0.4, -0.2) is 34.6 Å². The number of amides is 3. The second kappa shape index (κ2) is 8.57. The van der Waals surface area contributed by atoms with E-state index in [9.17, 15) is 24.0 Å². The van der Waals surface area contributed by atoms with E-state index in [1.54, 1.807) is 12.1 Å². The molecule has 2 heterocycles. The van der Waals surface area contributed by atoms with Crippen molar-refractivity contribution >= 4 is 40.3 Å². The minimum absolute atomic E-state index is 0.228. The fourth-order valence-corrected chi connectivity index (χ4v) is 4.57. The van der Waals surface area contributed by atoms with E-state index >= 15 is 0 Å². The van der Waals surface area contributed by atoms with E-state index in [0.29, 0.717) is 29.5 Å². The van der Waals surface area contributed by atoms with Gasteiger partial charge in [0.25, 0.3) is 0 Å². The van der Waals surface area contributed by atoms with Gasteiger partial charge in [0, 0.05) is 35.7 Å². The third-order valence-electron chi connectivity index (χ3n) is 6.12. The number of carbonyl (C=O) groups is 4. The number of rotatable bonds is 5. The molecule has 1 aliphatic heterocycles. The standard InChI is InChI=1S/C23H24N2O7/c1-12(25-21(28)17-5-3-4-6-18(17)22(25)29)23(30)31-11-14-9-20(27)32-19-10-15(24-13(2)26)7-8-16(14)19/h7-10,12,17-18H,3-6,11H2,1-2H3,(H,24,26)/t12-,17?,18?/m0/s1. The number of imide groups is 1. The summed E-state index contributed by atoms with van der Waals surface area (Å²) in [6.07, 6.45) is 3.14. The molecule has 32 heavy (non-hydrogen) atoms. The monoisotopic (exact) mass is 440 g/mol. The average Bonchev–Trinajstić information content (AvgIpc) is 3.01. The van der Waals surface area contributed by atoms with Crippen molar-refractivity contribution in [2.45, 2.75) is 52.2 Å². The normalized spacial score (nSPS) is 21.4. The Bertz CT molecular complexity index is 1140. The average molecular weight is 440 g/mol. The first kappa shape index (κ1) is 21.7. The lowest BCUT2D eigenvalue weighted by atomic mass is 9.81. The first-order valence-corrected chi connectivity index (χ1v) is 10.6. The fraction of sp³-hybridized carbons (Fsp3) is 0.435. The highest BCUT2D eigenvalue weighted by Crippen LogP contribution is 2.39. The summed E-state index contributed by atoms with van der Waals surface area (Å²) >= 11 is 0. The summed E-state index contributed by atoms with van der Waals surface area (Å²) in [6.45, 7) is 2.61. The first-order chi connectivity index (χ1) is 15.3. The molecule has 2 unspecified atom stereocenters. The van der Waals surface area contributed by atoms with Crippen LogP contribution in [0.5, 0.6) is 0 Å². The van der Waals surface area contributed by atoms with Crippen LogP contribution in [0.4, 0.5) is 5.69 Å². The number of carbonyl (C=O) groups excluding carboxylic acids is 4. The van der Waals surface area contributed by atoms with Crippen LogP contribution in [-0.2, 0) is 30.5 Å². The van der Waals surface area contributed by atoms with Crippen molar-refractivity contribution in [2.24, 2.45) is 11.8 Å². The van der Waals surface area contributed by atoms with Gasteiger partial charge in [-0.05, 0) is 31.9 Å². The third-order valence-corrected chi connectivity index (χ3v) is 6.12. The molecule has 1 saturated heterocycles. The van der Waals surface area contributed by atoms with Crippen molar-refractivity contribution in [3.63, 3.8) is 0 Å². The lowest BCUT2D eigenvalue weighted by Crippen LogP contribution is -2.44. The smallest absolute Gasteiger partial charge is 0.336 e. The molecule has 1 N–H and O–H groups in total. The van der Waals surface area contributed by atoms with E-state index in [-0.39, 0.29) is 41.7 Å². The predicted molar refractivity (Wildman–Crippen MR) is 113 cm³/mol. The molecule has 0 spiro atoms. The third kappa shape index (κ3) is 4.02. The molecule has 2 aromatic rings. The van der Waals surface area contributed by atoms with Crippen molar-refractivity contribution in [3.8, 4) is 0 Å². The minimum Gasteiger partial charge on any atom is -0.459 e. The van der Waals surface area contributed by atoms with Crippen LogP contribution in [0.15, 0.2) is 33.5 Å². The van der Waals surface area contributed by atoms with Crippen LogP contribution in [0.25, 0.3) is 11.0 Å². The molecule has 0 bridgehead atoms. The molecular formula is C23H24N2O7. The zero-order chi connectivity index (χ0) is 23.0. The molecule has 1 saturated carbocycles. The molecule has 168 valence electrons. The summed E-state index contributed by atoms with van der Waals surface area (Å²) in [7, 11) is 0. The van der Waals surface area contributed by atoms with E-state index in [4.69, 9.17) is 9.15 Å². The molecule has 2 fully saturated rings. The van der Waals surface area contributed by atoms with Crippen molar-refractivity contribution in [3.05, 3.63) is 40.2 Å². The van der Waals surface area contributed by atoms with Gasteiger partial charge in [0.2, 0.25) is 17.7 Å². The topological polar surface area (TPSA) is 123 Å². The van der Waals surface area contributed by atoms with E-state index in [2.05, 4.69) is 5.32 Å². The van der Waals surface area contributed by atoms with Gasteiger partial charge in [0.05, 0.1) is 11.8 Å². The van der Waals surface area contributed by atoms with E-state index in [0.717, 1.165) is 17.7 Å². The van der Waals surface area contributed by atoms with E-state index < -0.39 is 17.6 Å². The Balaban J connectivity index is 1.50. The first-order valence-electron chi connectivity index (χ1n) is 10.6. The van der Waals surface area contributed by atoms with Gasteiger partial charge < -0.3 is 14.5 Å². The molecular weight excluding hydrogens is 416 g/mol. The summed E-state index contributed by atoms with van der Waals surface area (Å²) in [5.41, 5.74) is 0.477. The Morgan fingerprint density at radius 2 is 1.78 bits per heavy atom. The van der Waals surface area contributed by atoms with Crippen molar-refractivity contribution in [1.82, 2.24) is 4.90 Å². The predicted octanol–water partition coefficient (Wildman–Crippen LogP) is 2.36. The summed E-state index contributed by atoms with van der Waals surface area (Å²) in [4.78, 5) is 62.4. The molecule has 9 heteroatoms. The van der Waals surface area contributed by atoms with Crippen LogP contribution >= 0.6 is 0 Å². The highest BCUT2D eigenvalue weighted by Gasteiger charge is 2.51. The van der Waals surface area contributed by atoms with E-state index in [1.165, 1.54) is 26.0 Å². The largest absolute Gasteiger partial charge is 0.459 e. The number of esters is 1. The van der Waals surface area contributed by atoms with Crippen LogP contribution in [0.3, 0.4) is 0 Å². The fourth-order valence-electron chi connectivity index (χ4n) is 4.57. The van der Waals surface area contributed by atoms with Gasteiger partial charge in [-0.2, -0.15) is 0 Å². The lowest BCUT2D eigenvalue weighted by Gasteiger charge is -2.21. The molecule has 1 aromatic heterocycles. The van der Waals surface area contributed by atoms with E-state index in [1.807, 2.05) is 0 Å². The van der Waals surface area contributed by atoms with Crippen molar-refractivity contribution < 1.29 is 28.3 Å². The Morgan fingerprint density at radius 3 is 2.41 bits per heavy atom. The number of ether oxygens (including phenoxy) is 1. The molecule has 1 aliphatic carbocycles.